The molecule has 150 valence electrons. The number of aliphatic imine (C=N–C) groups is 1. The normalized spacial score (nSPS) is 20.2. The van der Waals surface area contributed by atoms with Crippen LogP contribution in [0.3, 0.4) is 0 Å². The number of carbonyl (C=O) groups is 1. The zero-order valence-electron chi connectivity index (χ0n) is 16.0. The van der Waals surface area contributed by atoms with Gasteiger partial charge < -0.3 is 24.6 Å². The third-order valence-corrected chi connectivity index (χ3v) is 4.89. The van der Waals surface area contributed by atoms with Gasteiger partial charge in [0.1, 0.15) is 11.9 Å². The molecule has 27 heavy (non-hydrogen) atoms. The maximum atomic E-state index is 12.4. The number of nitrogens with one attached hydrogen (secondary N) is 1. The fourth-order valence-corrected chi connectivity index (χ4v) is 3.41. The van der Waals surface area contributed by atoms with Crippen LogP contribution in [0.25, 0.3) is 0 Å². The van der Waals surface area contributed by atoms with Crippen molar-refractivity contribution in [2.45, 2.75) is 25.5 Å². The Kier molecular flexibility index (Phi) is 8.62. The fraction of sp³-hybridized carbons (Fsp3) is 0.579. The third-order valence-electron chi connectivity index (χ3n) is 4.89. The summed E-state index contributed by atoms with van der Waals surface area (Å²) in [5.41, 5.74) is 1.14. The largest absolute Gasteiger partial charge is 0.497 e. The van der Waals surface area contributed by atoms with Gasteiger partial charge >= 0.3 is 0 Å². The number of piperazine rings is 1. The van der Waals surface area contributed by atoms with E-state index >= 15 is 0 Å². The molecule has 2 saturated heterocycles. The van der Waals surface area contributed by atoms with Gasteiger partial charge in [-0.25, -0.2) is 0 Å². The first-order valence-electron chi connectivity index (χ1n) is 9.20. The van der Waals surface area contributed by atoms with Gasteiger partial charge in [-0.3, -0.25) is 9.79 Å². The smallest absolute Gasteiger partial charge is 0.251 e. The average molecular weight is 488 g/mol. The Balaban J connectivity index is 0.00000261. The van der Waals surface area contributed by atoms with Gasteiger partial charge in [0, 0.05) is 46.4 Å². The number of methoxy groups -OCH3 is 1. The van der Waals surface area contributed by atoms with E-state index in [1.165, 1.54) is 0 Å². The summed E-state index contributed by atoms with van der Waals surface area (Å²) >= 11 is 0. The molecule has 0 spiro atoms. The number of amides is 1. The first kappa shape index (κ1) is 21.7. The van der Waals surface area contributed by atoms with Gasteiger partial charge in [-0.05, 0) is 30.5 Å². The molecule has 2 aliphatic heterocycles. The molecule has 0 radical (unpaired) electrons. The summed E-state index contributed by atoms with van der Waals surface area (Å²) in [5.74, 6) is 1.85. The number of hydrogen-bond donors (Lipinski definition) is 1. The summed E-state index contributed by atoms with van der Waals surface area (Å²) in [4.78, 5) is 20.9. The Hall–Kier alpha value is -1.55. The molecule has 0 saturated carbocycles. The molecular formula is C19H29IN4O3. The molecule has 2 fully saturated rings. The van der Waals surface area contributed by atoms with Crippen molar-refractivity contribution in [2.24, 2.45) is 4.99 Å². The van der Waals surface area contributed by atoms with Crippen LogP contribution in [0.15, 0.2) is 29.3 Å². The van der Waals surface area contributed by atoms with Gasteiger partial charge in [0.25, 0.3) is 5.91 Å². The maximum absolute atomic E-state index is 12.4. The van der Waals surface area contributed by atoms with Gasteiger partial charge in [-0.15, -0.1) is 24.0 Å². The highest BCUT2D eigenvalue weighted by molar-refractivity contribution is 14.0. The van der Waals surface area contributed by atoms with Gasteiger partial charge in [-0.2, -0.15) is 0 Å². The summed E-state index contributed by atoms with van der Waals surface area (Å²) in [6.45, 7) is 4.35. The topological polar surface area (TPSA) is 66.4 Å². The lowest BCUT2D eigenvalue weighted by atomic mass is 10.2. The summed E-state index contributed by atoms with van der Waals surface area (Å²) in [6, 6.07) is 7.98. The van der Waals surface area contributed by atoms with E-state index in [4.69, 9.17) is 9.47 Å². The predicted molar refractivity (Wildman–Crippen MR) is 116 cm³/mol. The Labute approximate surface area is 178 Å². The molecule has 3 rings (SSSR count). The van der Waals surface area contributed by atoms with Crippen LogP contribution in [0.5, 0.6) is 5.75 Å². The van der Waals surface area contributed by atoms with Crippen molar-refractivity contribution in [1.82, 2.24) is 15.1 Å². The molecule has 8 heteroatoms. The van der Waals surface area contributed by atoms with Crippen molar-refractivity contribution >= 4 is 35.8 Å². The highest BCUT2D eigenvalue weighted by atomic mass is 127. The quantitative estimate of drug-likeness (QED) is 0.397. The first-order chi connectivity index (χ1) is 12.7. The van der Waals surface area contributed by atoms with Crippen LogP contribution < -0.4 is 10.1 Å². The second-order valence-electron chi connectivity index (χ2n) is 6.57. The molecule has 1 aromatic rings. The molecule has 1 amide bonds. The Bertz CT molecular complexity index is 642. The van der Waals surface area contributed by atoms with Crippen LogP contribution in [-0.2, 0) is 16.1 Å². The van der Waals surface area contributed by atoms with Crippen molar-refractivity contribution in [3.8, 4) is 5.75 Å². The lowest BCUT2D eigenvalue weighted by Gasteiger charge is -2.37. The molecule has 0 aliphatic carbocycles. The molecule has 1 aromatic carbocycles. The zero-order chi connectivity index (χ0) is 18.4. The molecule has 1 N–H and O–H groups in total. The lowest BCUT2D eigenvalue weighted by Crippen LogP contribution is -2.55. The third kappa shape index (κ3) is 5.71. The number of halogens is 1. The number of carbonyl (C=O) groups excluding carboxylic acids is 1. The number of benzene rings is 1. The summed E-state index contributed by atoms with van der Waals surface area (Å²) < 4.78 is 10.8. The number of nitrogens with zero attached hydrogens (tertiary/aromatic N) is 3. The summed E-state index contributed by atoms with van der Waals surface area (Å²) in [6.07, 6.45) is 1.60. The standard InChI is InChI=1S/C19H28N4O3.HI/c1-20-19(21-14-15-5-3-6-16(13-15)25-2)23-10-8-22(9-11-23)18(24)17-7-4-12-26-17;/h3,5-6,13,17H,4,7-12,14H2,1-2H3,(H,20,21);1H. The minimum absolute atomic E-state index is 0. The van der Waals surface area contributed by atoms with Gasteiger partial charge in [0.2, 0.25) is 0 Å². The van der Waals surface area contributed by atoms with Crippen LogP contribution in [-0.4, -0.2) is 74.7 Å². The van der Waals surface area contributed by atoms with Crippen LogP contribution in [0, 0.1) is 0 Å². The van der Waals surface area contributed by atoms with Crippen LogP contribution in [0.2, 0.25) is 0 Å². The Morgan fingerprint density at radius 3 is 2.67 bits per heavy atom. The highest BCUT2D eigenvalue weighted by Crippen LogP contribution is 2.16. The van der Waals surface area contributed by atoms with Crippen molar-refractivity contribution in [3.63, 3.8) is 0 Å². The SMILES string of the molecule is CN=C(NCc1cccc(OC)c1)N1CCN(C(=O)C2CCCO2)CC1.I. The second-order valence-corrected chi connectivity index (χ2v) is 6.57. The average Bonchev–Trinajstić information content (AvgIpc) is 3.23. The van der Waals surface area contributed by atoms with E-state index < -0.39 is 0 Å². The van der Waals surface area contributed by atoms with E-state index in [2.05, 4.69) is 21.3 Å². The minimum atomic E-state index is -0.230. The molecule has 7 nitrogen and oxygen atoms in total. The predicted octanol–water partition coefficient (Wildman–Crippen LogP) is 1.71. The second kappa shape index (κ2) is 10.7. The van der Waals surface area contributed by atoms with E-state index in [0.717, 1.165) is 43.2 Å². The molecule has 0 bridgehead atoms. The zero-order valence-corrected chi connectivity index (χ0v) is 18.3. The summed E-state index contributed by atoms with van der Waals surface area (Å²) in [7, 11) is 3.46. The van der Waals surface area contributed by atoms with Crippen molar-refractivity contribution in [2.75, 3.05) is 46.9 Å². The van der Waals surface area contributed by atoms with E-state index in [9.17, 15) is 4.79 Å². The maximum Gasteiger partial charge on any atom is 0.251 e. The molecule has 1 unspecified atom stereocenters. The number of ether oxygens (including phenoxy) is 2. The molecular weight excluding hydrogens is 459 g/mol. The van der Waals surface area contributed by atoms with Crippen LogP contribution in [0.4, 0.5) is 0 Å². The Morgan fingerprint density at radius 1 is 1.30 bits per heavy atom. The highest BCUT2D eigenvalue weighted by Gasteiger charge is 2.30. The molecule has 0 aromatic heterocycles. The van der Waals surface area contributed by atoms with Crippen molar-refractivity contribution < 1.29 is 14.3 Å². The fourth-order valence-electron chi connectivity index (χ4n) is 3.41. The summed E-state index contributed by atoms with van der Waals surface area (Å²) in [5, 5.41) is 3.40. The molecule has 2 heterocycles. The van der Waals surface area contributed by atoms with E-state index in [1.807, 2.05) is 23.1 Å². The monoisotopic (exact) mass is 488 g/mol. The van der Waals surface area contributed by atoms with Crippen molar-refractivity contribution in [1.29, 1.82) is 0 Å². The molecule has 1 atom stereocenters. The van der Waals surface area contributed by atoms with Gasteiger partial charge in [-0.1, -0.05) is 12.1 Å². The van der Waals surface area contributed by atoms with Gasteiger partial charge in [0.05, 0.1) is 7.11 Å². The number of hydrogen-bond acceptors (Lipinski definition) is 4. The van der Waals surface area contributed by atoms with E-state index in [-0.39, 0.29) is 36.0 Å². The molecule has 2 aliphatic rings. The van der Waals surface area contributed by atoms with Gasteiger partial charge in [0.15, 0.2) is 5.96 Å². The van der Waals surface area contributed by atoms with Crippen LogP contribution >= 0.6 is 24.0 Å². The lowest BCUT2D eigenvalue weighted by molar-refractivity contribution is -0.142. The van der Waals surface area contributed by atoms with E-state index in [0.29, 0.717) is 26.2 Å². The van der Waals surface area contributed by atoms with E-state index in [1.54, 1.807) is 14.2 Å². The first-order valence-corrected chi connectivity index (χ1v) is 9.20. The minimum Gasteiger partial charge on any atom is -0.497 e. The van der Waals surface area contributed by atoms with Crippen molar-refractivity contribution in [3.05, 3.63) is 29.8 Å². The number of guanidine groups is 1. The Morgan fingerprint density at radius 2 is 2.04 bits per heavy atom. The number of rotatable bonds is 4. The van der Waals surface area contributed by atoms with Crippen LogP contribution in [0.1, 0.15) is 18.4 Å².